The maximum atomic E-state index is 13.8. The van der Waals surface area contributed by atoms with E-state index >= 15 is 0 Å². The molecular weight excluding hydrogens is 815 g/mol. The van der Waals surface area contributed by atoms with Gasteiger partial charge in [-0.3, -0.25) is 19.2 Å². The molecule has 0 aromatic heterocycles. The molecule has 4 N–H and O–H groups in total. The summed E-state index contributed by atoms with van der Waals surface area (Å²) in [4.78, 5) is 77.5. The molecule has 3 aliphatic rings. The van der Waals surface area contributed by atoms with E-state index in [0.717, 1.165) is 0 Å². The standard InChI is InChI=1S/C43H38Cl3N8O5/c1-24(55)51-11-15-53(16-12-51)39(57)9-4-26-3-6-28(32(44)19-26)41-29(7-10-40(58)54-17-13-52(14-18-54)25(2)56)42(31-22-37-38(23-33(31)45)50-43(59)49-37)34(46)21-30(41)27-5-8-35(47)36(48)20-27/h3-10,19-20,22-23H,11-18,47-48H2,1-2H3/b9-4+,10-7+. The highest BCUT2D eigenvalue weighted by Gasteiger charge is 2.26. The Morgan fingerprint density at radius 1 is 0.644 bits per heavy atom. The van der Waals surface area contributed by atoms with E-state index in [0.29, 0.717) is 124 Å². The first-order valence-electron chi connectivity index (χ1n) is 18.7. The highest BCUT2D eigenvalue weighted by atomic mass is 35.5. The number of carbonyl (C=O) groups is 5. The molecule has 0 unspecified atom stereocenters. The van der Waals surface area contributed by atoms with Crippen molar-refractivity contribution in [2.24, 2.45) is 9.98 Å². The number of carbonyl (C=O) groups excluding carboxylic acids is 5. The van der Waals surface area contributed by atoms with Crippen LogP contribution < -0.4 is 22.2 Å². The van der Waals surface area contributed by atoms with Crippen molar-refractivity contribution in [1.82, 2.24) is 19.6 Å². The summed E-state index contributed by atoms with van der Waals surface area (Å²) in [6, 6.07) is 16.2. The number of amides is 6. The van der Waals surface area contributed by atoms with Crippen molar-refractivity contribution in [3.05, 3.63) is 104 Å². The Labute approximate surface area is 354 Å². The second-order valence-corrected chi connectivity index (χ2v) is 15.4. The second-order valence-electron chi connectivity index (χ2n) is 14.2. The van der Waals surface area contributed by atoms with Gasteiger partial charge in [0.2, 0.25) is 23.6 Å². The summed E-state index contributed by atoms with van der Waals surface area (Å²) >= 11 is 21.3. The van der Waals surface area contributed by atoms with Crippen LogP contribution in [0.2, 0.25) is 15.1 Å². The van der Waals surface area contributed by atoms with Crippen LogP contribution in [-0.4, -0.2) is 102 Å². The Bertz CT molecular complexity index is 2630. The average Bonchev–Trinajstić information content (AvgIpc) is 3.58. The Morgan fingerprint density at radius 2 is 1.19 bits per heavy atom. The first kappa shape index (κ1) is 41.2. The number of anilines is 2. The predicted molar refractivity (Wildman–Crippen MR) is 229 cm³/mol. The van der Waals surface area contributed by atoms with Gasteiger partial charge in [0, 0.05) is 106 Å². The molecule has 16 heteroatoms. The quantitative estimate of drug-likeness (QED) is 0.185. The average molecular weight is 853 g/mol. The number of benzene rings is 4. The molecule has 4 aromatic carbocycles. The van der Waals surface area contributed by atoms with Gasteiger partial charge in [0.05, 0.1) is 32.1 Å². The fourth-order valence-electron chi connectivity index (χ4n) is 7.28. The number of halogens is 3. The van der Waals surface area contributed by atoms with Gasteiger partial charge in [-0.05, 0) is 70.3 Å². The van der Waals surface area contributed by atoms with E-state index < -0.39 is 6.03 Å². The number of nitrogens with two attached hydrogens (primary N) is 2. The number of hydrogen-bond donors (Lipinski definition) is 2. The third-order valence-corrected chi connectivity index (χ3v) is 11.4. The molecular formula is C43H38Cl3N8O5. The Hall–Kier alpha value is -6.02. The van der Waals surface area contributed by atoms with E-state index in [-0.39, 0.29) is 33.7 Å². The van der Waals surface area contributed by atoms with Gasteiger partial charge in [-0.1, -0.05) is 53.0 Å². The molecule has 4 aromatic rings. The summed E-state index contributed by atoms with van der Waals surface area (Å²) in [5.41, 5.74) is 17.0. The lowest BCUT2D eigenvalue weighted by Gasteiger charge is -2.33. The summed E-state index contributed by atoms with van der Waals surface area (Å²) in [6.07, 6.45) is 6.21. The molecule has 2 fully saturated rings. The summed E-state index contributed by atoms with van der Waals surface area (Å²) in [5.74, 6) is -0.579. The van der Waals surface area contributed by atoms with Gasteiger partial charge in [0.1, 0.15) is 0 Å². The second kappa shape index (κ2) is 17.1. The van der Waals surface area contributed by atoms with Crippen molar-refractivity contribution < 1.29 is 24.0 Å². The third kappa shape index (κ3) is 8.73. The minimum absolute atomic E-state index is 0.0245. The molecule has 3 heterocycles. The molecule has 0 aliphatic carbocycles. The van der Waals surface area contributed by atoms with Crippen LogP contribution in [0, 0.1) is 6.07 Å². The van der Waals surface area contributed by atoms with Crippen molar-refractivity contribution >= 4 is 88.0 Å². The van der Waals surface area contributed by atoms with Crippen molar-refractivity contribution in [2.75, 3.05) is 63.8 Å². The van der Waals surface area contributed by atoms with Crippen molar-refractivity contribution in [3.8, 4) is 33.4 Å². The van der Waals surface area contributed by atoms with E-state index in [1.54, 1.807) is 74.2 Å². The van der Waals surface area contributed by atoms with Crippen LogP contribution >= 0.6 is 34.8 Å². The molecule has 301 valence electrons. The van der Waals surface area contributed by atoms with E-state index in [1.807, 2.05) is 0 Å². The number of nitrogens with zero attached hydrogens (tertiary/aromatic N) is 6. The lowest BCUT2D eigenvalue weighted by Crippen LogP contribution is -2.49. The lowest BCUT2D eigenvalue weighted by atomic mass is 9.84. The van der Waals surface area contributed by atoms with E-state index in [1.165, 1.54) is 32.1 Å². The fraction of sp³-hybridized carbons (Fsp3) is 0.233. The molecule has 0 atom stereocenters. The first-order chi connectivity index (χ1) is 28.2. The molecule has 1 radical (unpaired) electrons. The number of piperazine rings is 2. The number of hydrogen-bond acceptors (Lipinski definition) is 7. The minimum Gasteiger partial charge on any atom is -0.397 e. The number of fused-ring (bicyclic) bond motifs is 1. The smallest absolute Gasteiger partial charge is 0.368 e. The molecule has 59 heavy (non-hydrogen) atoms. The number of urea groups is 1. The Kier molecular flexibility index (Phi) is 11.9. The fourth-order valence-corrected chi connectivity index (χ4v) is 8.11. The van der Waals surface area contributed by atoms with Crippen LogP contribution in [-0.2, 0) is 19.2 Å². The first-order valence-corrected chi connectivity index (χ1v) is 19.8. The van der Waals surface area contributed by atoms with Crippen molar-refractivity contribution in [3.63, 3.8) is 0 Å². The normalized spacial score (nSPS) is 15.4. The van der Waals surface area contributed by atoms with Gasteiger partial charge in [-0.2, -0.15) is 9.98 Å². The van der Waals surface area contributed by atoms with Crippen LogP contribution in [0.1, 0.15) is 25.0 Å². The monoisotopic (exact) mass is 851 g/mol. The summed E-state index contributed by atoms with van der Waals surface area (Å²) in [5, 5.41) is 1.23. The Morgan fingerprint density at radius 3 is 1.75 bits per heavy atom. The zero-order chi connectivity index (χ0) is 42.1. The van der Waals surface area contributed by atoms with E-state index in [9.17, 15) is 24.0 Å². The summed E-state index contributed by atoms with van der Waals surface area (Å²) in [6.45, 7) is 6.29. The van der Waals surface area contributed by atoms with Gasteiger partial charge < -0.3 is 31.1 Å². The van der Waals surface area contributed by atoms with Gasteiger partial charge in [-0.25, -0.2) is 4.79 Å². The highest BCUT2D eigenvalue weighted by molar-refractivity contribution is 6.38. The predicted octanol–water partition coefficient (Wildman–Crippen LogP) is 5.39. The molecule has 3 aliphatic heterocycles. The Balaban J connectivity index is 1.38. The molecule has 6 amide bonds. The minimum atomic E-state index is -0.670. The number of nitrogen functional groups attached to an aromatic ring is 2. The van der Waals surface area contributed by atoms with Crippen LogP contribution in [0.5, 0.6) is 0 Å². The number of rotatable bonds is 7. The van der Waals surface area contributed by atoms with E-state index in [4.69, 9.17) is 46.3 Å². The van der Waals surface area contributed by atoms with Gasteiger partial charge in [0.15, 0.2) is 0 Å². The SMILES string of the molecule is CC(=O)N1CCN(C(=O)/C=C/c2ccc(-c3c(-c4ccc(N)c(N)c4)[c]c(Cl)c(-c4cc5c(cc4Cl)=NC(=O)N=5)c3/C=C/C(=O)N3CCN(C(C)=O)CC3)c(Cl)c2)CC1. The summed E-state index contributed by atoms with van der Waals surface area (Å²) in [7, 11) is 0. The van der Waals surface area contributed by atoms with Crippen LogP contribution in [0.25, 0.3) is 45.5 Å². The maximum absolute atomic E-state index is 13.8. The molecule has 2 saturated heterocycles. The van der Waals surface area contributed by atoms with Crippen LogP contribution in [0.4, 0.5) is 16.2 Å². The largest absolute Gasteiger partial charge is 0.397 e. The highest BCUT2D eigenvalue weighted by Crippen LogP contribution is 2.48. The van der Waals surface area contributed by atoms with Gasteiger partial charge >= 0.3 is 6.03 Å². The van der Waals surface area contributed by atoms with Gasteiger partial charge in [0.25, 0.3) is 0 Å². The van der Waals surface area contributed by atoms with Crippen LogP contribution in [0.3, 0.4) is 0 Å². The third-order valence-electron chi connectivity index (χ3n) is 10.5. The molecule has 13 nitrogen and oxygen atoms in total. The molecule has 7 rings (SSSR count). The molecule has 0 spiro atoms. The lowest BCUT2D eigenvalue weighted by molar-refractivity contribution is -0.135. The topological polar surface area (TPSA) is 175 Å². The van der Waals surface area contributed by atoms with Crippen molar-refractivity contribution in [2.45, 2.75) is 13.8 Å². The van der Waals surface area contributed by atoms with E-state index in [2.05, 4.69) is 16.1 Å². The van der Waals surface area contributed by atoms with Gasteiger partial charge in [-0.15, -0.1) is 0 Å². The molecule has 0 saturated carbocycles. The zero-order valence-corrected chi connectivity index (χ0v) is 34.4. The summed E-state index contributed by atoms with van der Waals surface area (Å²) < 4.78 is 0. The maximum Gasteiger partial charge on any atom is 0.368 e. The molecule has 0 bridgehead atoms. The van der Waals surface area contributed by atoms with Crippen molar-refractivity contribution in [1.29, 1.82) is 0 Å². The zero-order valence-electron chi connectivity index (χ0n) is 32.1. The van der Waals surface area contributed by atoms with Crippen LogP contribution in [0.15, 0.2) is 70.7 Å².